The molecule has 6 nitrogen and oxygen atoms in total. The summed E-state index contributed by atoms with van der Waals surface area (Å²) in [6, 6.07) is 9.00. The molecule has 0 saturated carbocycles. The number of amides is 1. The van der Waals surface area contributed by atoms with E-state index >= 15 is 0 Å². The number of rotatable bonds is 4. The first-order valence-corrected chi connectivity index (χ1v) is 6.83. The number of hydrogen-bond acceptors (Lipinski definition) is 4. The van der Waals surface area contributed by atoms with Gasteiger partial charge in [-0.1, -0.05) is 18.2 Å². The van der Waals surface area contributed by atoms with Crippen molar-refractivity contribution in [1.82, 2.24) is 0 Å². The van der Waals surface area contributed by atoms with Gasteiger partial charge in [-0.2, -0.15) is 0 Å². The highest BCUT2D eigenvalue weighted by atomic mass is 16.4. The Morgan fingerprint density at radius 3 is 2.41 bits per heavy atom. The number of aliphatic hydroxyl groups excluding tert-OH is 1. The number of carbonyl (C=O) groups excluding carboxylic acids is 1. The lowest BCUT2D eigenvalue weighted by Crippen LogP contribution is -2.44. The smallest absolute Gasteiger partial charge is 0.325 e. The van der Waals surface area contributed by atoms with Crippen molar-refractivity contribution in [2.24, 2.45) is 4.99 Å². The first-order valence-electron chi connectivity index (χ1n) is 6.83. The quantitative estimate of drug-likeness (QED) is 0.834. The predicted octanol–water partition coefficient (Wildman–Crippen LogP) is 2.17. The summed E-state index contributed by atoms with van der Waals surface area (Å²) in [7, 11) is 0. The number of aliphatic carboxylic acids is 1. The van der Waals surface area contributed by atoms with Crippen LogP contribution < -0.4 is 4.90 Å². The van der Waals surface area contributed by atoms with Gasteiger partial charge in [0.1, 0.15) is 23.4 Å². The van der Waals surface area contributed by atoms with Crippen LogP contribution in [0, 0.1) is 0 Å². The van der Waals surface area contributed by atoms with Gasteiger partial charge in [-0.15, -0.1) is 0 Å². The SMILES string of the molecule is CC(=NCC(=O)O)C1=C(O)C(C)(C)N(c2ccccc2)C1=O. The molecule has 1 amide bonds. The van der Waals surface area contributed by atoms with E-state index < -0.39 is 18.1 Å². The van der Waals surface area contributed by atoms with Crippen LogP contribution in [0.15, 0.2) is 46.7 Å². The van der Waals surface area contributed by atoms with E-state index in [-0.39, 0.29) is 23.0 Å². The van der Waals surface area contributed by atoms with Crippen molar-refractivity contribution in [3.8, 4) is 0 Å². The fraction of sp³-hybridized carbons (Fsp3) is 0.312. The van der Waals surface area contributed by atoms with Crippen LogP contribution in [0.2, 0.25) is 0 Å². The minimum absolute atomic E-state index is 0.0649. The van der Waals surface area contributed by atoms with E-state index in [9.17, 15) is 14.7 Å². The van der Waals surface area contributed by atoms with E-state index in [1.807, 2.05) is 6.07 Å². The van der Waals surface area contributed by atoms with Crippen LogP contribution in [0.3, 0.4) is 0 Å². The molecule has 0 aliphatic carbocycles. The Kier molecular flexibility index (Phi) is 4.03. The number of para-hydroxylation sites is 1. The summed E-state index contributed by atoms with van der Waals surface area (Å²) in [5, 5.41) is 19.1. The summed E-state index contributed by atoms with van der Waals surface area (Å²) in [6.45, 7) is 4.54. The number of benzene rings is 1. The van der Waals surface area contributed by atoms with Gasteiger partial charge in [0.15, 0.2) is 0 Å². The highest BCUT2D eigenvalue weighted by Gasteiger charge is 2.47. The molecule has 22 heavy (non-hydrogen) atoms. The second kappa shape index (κ2) is 5.63. The van der Waals surface area contributed by atoms with Crippen LogP contribution in [-0.2, 0) is 9.59 Å². The summed E-state index contributed by atoms with van der Waals surface area (Å²) < 4.78 is 0. The van der Waals surface area contributed by atoms with E-state index in [2.05, 4.69) is 4.99 Å². The Bertz CT molecular complexity index is 675. The number of anilines is 1. The van der Waals surface area contributed by atoms with Crippen molar-refractivity contribution in [1.29, 1.82) is 0 Å². The number of aliphatic imine (C=N–C) groups is 1. The van der Waals surface area contributed by atoms with Crippen molar-refractivity contribution in [3.05, 3.63) is 41.7 Å². The number of carboxylic acid groups (broad SMARTS) is 1. The maximum Gasteiger partial charge on any atom is 0.325 e. The summed E-state index contributed by atoms with van der Waals surface area (Å²) in [5.41, 5.74) is 0.0184. The highest BCUT2D eigenvalue weighted by Crippen LogP contribution is 2.38. The Hall–Kier alpha value is -2.63. The second-order valence-electron chi connectivity index (χ2n) is 5.55. The van der Waals surface area contributed by atoms with Crippen LogP contribution >= 0.6 is 0 Å². The van der Waals surface area contributed by atoms with Crippen molar-refractivity contribution in [3.63, 3.8) is 0 Å². The Balaban J connectivity index is 2.45. The molecule has 0 atom stereocenters. The Morgan fingerprint density at radius 2 is 1.86 bits per heavy atom. The van der Waals surface area contributed by atoms with Crippen molar-refractivity contribution >= 4 is 23.3 Å². The average Bonchev–Trinajstić information content (AvgIpc) is 2.63. The van der Waals surface area contributed by atoms with Crippen LogP contribution in [0.5, 0.6) is 0 Å². The second-order valence-corrected chi connectivity index (χ2v) is 5.55. The highest BCUT2D eigenvalue weighted by molar-refractivity contribution is 6.28. The third kappa shape index (κ3) is 2.59. The van der Waals surface area contributed by atoms with Gasteiger partial charge < -0.3 is 10.2 Å². The molecule has 1 aliphatic rings. The fourth-order valence-corrected chi connectivity index (χ4v) is 2.49. The molecule has 0 spiro atoms. The van der Waals surface area contributed by atoms with Gasteiger partial charge in [0, 0.05) is 11.4 Å². The van der Waals surface area contributed by atoms with Crippen LogP contribution in [0.1, 0.15) is 20.8 Å². The average molecular weight is 302 g/mol. The molecule has 6 heteroatoms. The molecule has 0 aromatic heterocycles. The molecule has 116 valence electrons. The summed E-state index contributed by atoms with van der Waals surface area (Å²) in [6.07, 6.45) is 0. The van der Waals surface area contributed by atoms with Gasteiger partial charge in [-0.3, -0.25) is 19.5 Å². The third-order valence-corrected chi connectivity index (χ3v) is 3.62. The number of hydrogen-bond donors (Lipinski definition) is 2. The molecule has 0 unspecified atom stereocenters. The van der Waals surface area contributed by atoms with Crippen molar-refractivity contribution in [2.75, 3.05) is 11.4 Å². The van der Waals surface area contributed by atoms with Gasteiger partial charge >= 0.3 is 5.97 Å². The summed E-state index contributed by atoms with van der Waals surface area (Å²) in [5.74, 6) is -1.59. The summed E-state index contributed by atoms with van der Waals surface area (Å²) in [4.78, 5) is 28.6. The van der Waals surface area contributed by atoms with E-state index in [1.54, 1.807) is 38.1 Å². The van der Waals surface area contributed by atoms with Crippen LogP contribution in [0.4, 0.5) is 5.69 Å². The maximum atomic E-state index is 12.7. The first kappa shape index (κ1) is 15.8. The molecule has 2 rings (SSSR count). The van der Waals surface area contributed by atoms with Crippen LogP contribution in [-0.4, -0.2) is 39.9 Å². The molecule has 0 fully saturated rings. The zero-order valence-electron chi connectivity index (χ0n) is 12.7. The van der Waals surface area contributed by atoms with Gasteiger partial charge in [-0.05, 0) is 32.9 Å². The first-order chi connectivity index (χ1) is 10.3. The number of carboxylic acids is 1. The third-order valence-electron chi connectivity index (χ3n) is 3.62. The van der Waals surface area contributed by atoms with E-state index in [1.165, 1.54) is 11.8 Å². The standard InChI is InChI=1S/C16H18N2O4/c1-10(17-9-12(19)20)13-14(21)16(2,3)18(15(13)22)11-7-5-4-6-8-11/h4-8,21H,9H2,1-3H3,(H,19,20). The van der Waals surface area contributed by atoms with Crippen molar-refractivity contribution in [2.45, 2.75) is 26.3 Å². The molecule has 1 aromatic rings. The van der Waals surface area contributed by atoms with Gasteiger partial charge in [-0.25, -0.2) is 0 Å². The molecule has 0 radical (unpaired) electrons. The largest absolute Gasteiger partial charge is 0.509 e. The lowest BCUT2D eigenvalue weighted by Gasteiger charge is -2.32. The lowest BCUT2D eigenvalue weighted by atomic mass is 10.0. The van der Waals surface area contributed by atoms with Gasteiger partial charge in [0.25, 0.3) is 5.91 Å². The zero-order chi connectivity index (χ0) is 16.5. The zero-order valence-corrected chi connectivity index (χ0v) is 12.7. The maximum absolute atomic E-state index is 12.7. The lowest BCUT2D eigenvalue weighted by molar-refractivity contribution is -0.135. The van der Waals surface area contributed by atoms with E-state index in [0.717, 1.165) is 0 Å². The van der Waals surface area contributed by atoms with Gasteiger partial charge in [0.05, 0.1) is 0 Å². The monoisotopic (exact) mass is 302 g/mol. The number of aliphatic hydroxyl groups is 1. The molecule has 1 aromatic carbocycles. The molecule has 0 saturated heterocycles. The molecule has 1 heterocycles. The molecular formula is C16H18N2O4. The normalized spacial score (nSPS) is 18.0. The molecule has 2 N–H and O–H groups in total. The summed E-state index contributed by atoms with van der Waals surface area (Å²) >= 11 is 0. The molecule has 1 aliphatic heterocycles. The van der Waals surface area contributed by atoms with E-state index in [0.29, 0.717) is 5.69 Å². The predicted molar refractivity (Wildman–Crippen MR) is 83.3 cm³/mol. The minimum atomic E-state index is -1.09. The van der Waals surface area contributed by atoms with Crippen molar-refractivity contribution < 1.29 is 19.8 Å². The minimum Gasteiger partial charge on any atom is -0.509 e. The molecule has 0 bridgehead atoms. The number of nitrogens with zero attached hydrogens (tertiary/aromatic N) is 2. The Labute approximate surface area is 128 Å². The number of carbonyl (C=O) groups is 2. The van der Waals surface area contributed by atoms with E-state index in [4.69, 9.17) is 5.11 Å². The van der Waals surface area contributed by atoms with Gasteiger partial charge in [0.2, 0.25) is 0 Å². The Morgan fingerprint density at radius 1 is 1.27 bits per heavy atom. The van der Waals surface area contributed by atoms with Crippen LogP contribution in [0.25, 0.3) is 0 Å². The fourth-order valence-electron chi connectivity index (χ4n) is 2.49. The molecular weight excluding hydrogens is 284 g/mol. The topological polar surface area (TPSA) is 90.2 Å².